The van der Waals surface area contributed by atoms with E-state index in [-0.39, 0.29) is 5.75 Å². The monoisotopic (exact) mass is 293 g/mol. The third-order valence-electron chi connectivity index (χ3n) is 2.84. The van der Waals surface area contributed by atoms with Crippen molar-refractivity contribution in [2.45, 2.75) is 13.0 Å². The van der Waals surface area contributed by atoms with Gasteiger partial charge in [0.15, 0.2) is 11.6 Å². The molecule has 3 nitrogen and oxygen atoms in total. The van der Waals surface area contributed by atoms with Gasteiger partial charge in [0.1, 0.15) is 11.6 Å². The molecular weight excluding hydrogens is 276 g/mol. The normalized spacial score (nSPS) is 10.4. The number of halogens is 2. The Labute approximate surface area is 122 Å². The molecule has 0 spiro atoms. The van der Waals surface area contributed by atoms with Gasteiger partial charge in [0.2, 0.25) is 0 Å². The highest BCUT2D eigenvalue weighted by atomic mass is 19.1. The Bertz CT molecular complexity index is 590. The van der Waals surface area contributed by atoms with Crippen molar-refractivity contribution < 1.29 is 18.3 Å². The molecule has 0 heterocycles. The highest BCUT2D eigenvalue weighted by Crippen LogP contribution is 2.18. The van der Waals surface area contributed by atoms with Gasteiger partial charge in [-0.15, -0.1) is 0 Å². The topological polar surface area (TPSA) is 44.5 Å². The van der Waals surface area contributed by atoms with Gasteiger partial charge < -0.3 is 15.2 Å². The summed E-state index contributed by atoms with van der Waals surface area (Å²) in [7, 11) is 0. The maximum Gasteiger partial charge on any atom is 0.167 e. The zero-order valence-electron chi connectivity index (χ0n) is 11.5. The van der Waals surface area contributed by atoms with Gasteiger partial charge in [-0.05, 0) is 29.8 Å². The molecule has 0 saturated carbocycles. The summed E-state index contributed by atoms with van der Waals surface area (Å²) in [5.74, 6) is -0.540. The van der Waals surface area contributed by atoms with Crippen molar-refractivity contribution in [3.05, 3.63) is 59.7 Å². The molecular formula is C16H17F2NO2. The van der Waals surface area contributed by atoms with Gasteiger partial charge in [-0.25, -0.2) is 8.78 Å². The Kier molecular flexibility index (Phi) is 5.51. The molecule has 0 aliphatic heterocycles. The second kappa shape index (κ2) is 7.59. The van der Waals surface area contributed by atoms with Crippen LogP contribution in [0.15, 0.2) is 42.5 Å². The number of rotatable bonds is 7. The van der Waals surface area contributed by atoms with Crippen LogP contribution in [0.5, 0.6) is 11.5 Å². The first-order chi connectivity index (χ1) is 10.2. The van der Waals surface area contributed by atoms with E-state index < -0.39 is 11.6 Å². The molecule has 0 unspecified atom stereocenters. The van der Waals surface area contributed by atoms with Crippen molar-refractivity contribution >= 4 is 0 Å². The summed E-state index contributed by atoms with van der Waals surface area (Å²) in [6.07, 6.45) is 0.587. The molecule has 5 heteroatoms. The molecule has 21 heavy (non-hydrogen) atoms. The number of nitrogens with two attached hydrogens (primary N) is 1. The average Bonchev–Trinajstić information content (AvgIpc) is 2.49. The molecule has 0 radical (unpaired) electrons. The number of ether oxygens (including phenoxy) is 2. The lowest BCUT2D eigenvalue weighted by Gasteiger charge is -2.09. The third-order valence-corrected chi connectivity index (χ3v) is 2.84. The van der Waals surface area contributed by atoms with Crippen LogP contribution in [0.25, 0.3) is 0 Å². The van der Waals surface area contributed by atoms with Gasteiger partial charge in [0.05, 0.1) is 13.2 Å². The van der Waals surface area contributed by atoms with Crippen molar-refractivity contribution in [2.75, 3.05) is 13.2 Å². The van der Waals surface area contributed by atoms with E-state index in [2.05, 4.69) is 0 Å². The van der Waals surface area contributed by atoms with Gasteiger partial charge in [-0.1, -0.05) is 12.1 Å². The van der Waals surface area contributed by atoms with E-state index in [0.29, 0.717) is 26.2 Å². The molecule has 0 amide bonds. The second-order valence-corrected chi connectivity index (χ2v) is 4.48. The van der Waals surface area contributed by atoms with Crippen LogP contribution in [0.2, 0.25) is 0 Å². The lowest BCUT2D eigenvalue weighted by Crippen LogP contribution is -2.06. The minimum absolute atomic E-state index is 0.0431. The summed E-state index contributed by atoms with van der Waals surface area (Å²) in [5, 5.41) is 0. The van der Waals surface area contributed by atoms with Crippen molar-refractivity contribution in [1.29, 1.82) is 0 Å². The first kappa shape index (κ1) is 15.3. The molecule has 0 saturated heterocycles. The SMILES string of the molecule is NCc1cccc(OCCCOc2ccc(F)cc2F)c1. The summed E-state index contributed by atoms with van der Waals surface area (Å²) in [6.45, 7) is 1.19. The van der Waals surface area contributed by atoms with E-state index >= 15 is 0 Å². The van der Waals surface area contributed by atoms with Crippen LogP contribution in [0, 0.1) is 11.6 Å². The van der Waals surface area contributed by atoms with Crippen LogP contribution in [0.1, 0.15) is 12.0 Å². The van der Waals surface area contributed by atoms with Gasteiger partial charge >= 0.3 is 0 Å². The quantitative estimate of drug-likeness (QED) is 0.797. The molecule has 2 aromatic rings. The molecule has 0 aromatic heterocycles. The van der Waals surface area contributed by atoms with E-state index in [1.807, 2.05) is 24.3 Å². The number of benzene rings is 2. The van der Waals surface area contributed by atoms with Crippen LogP contribution in [0.4, 0.5) is 8.78 Å². The van der Waals surface area contributed by atoms with E-state index in [1.54, 1.807) is 0 Å². The predicted octanol–water partition coefficient (Wildman–Crippen LogP) is 3.27. The average molecular weight is 293 g/mol. The zero-order valence-corrected chi connectivity index (χ0v) is 11.5. The predicted molar refractivity (Wildman–Crippen MR) is 76.3 cm³/mol. The van der Waals surface area contributed by atoms with Crippen LogP contribution < -0.4 is 15.2 Å². The summed E-state index contributed by atoms with van der Waals surface area (Å²) in [6, 6.07) is 10.8. The van der Waals surface area contributed by atoms with Gasteiger partial charge in [-0.3, -0.25) is 0 Å². The standard InChI is InChI=1S/C16H17F2NO2/c17-13-5-6-16(15(18)10-13)21-8-2-7-20-14-4-1-3-12(9-14)11-19/h1,3-6,9-10H,2,7-8,11,19H2. The minimum atomic E-state index is -0.702. The number of hydrogen-bond acceptors (Lipinski definition) is 3. The maximum atomic E-state index is 13.3. The third kappa shape index (κ3) is 4.72. The smallest absolute Gasteiger partial charge is 0.167 e. The second-order valence-electron chi connectivity index (χ2n) is 4.48. The summed E-state index contributed by atoms with van der Waals surface area (Å²) >= 11 is 0. The Morgan fingerprint density at radius 1 is 0.952 bits per heavy atom. The Morgan fingerprint density at radius 2 is 1.76 bits per heavy atom. The summed E-state index contributed by atoms with van der Waals surface area (Å²) in [5.41, 5.74) is 6.54. The van der Waals surface area contributed by atoms with Crippen molar-refractivity contribution in [3.63, 3.8) is 0 Å². The lowest BCUT2D eigenvalue weighted by molar-refractivity contribution is 0.241. The van der Waals surface area contributed by atoms with Crippen molar-refractivity contribution in [3.8, 4) is 11.5 Å². The summed E-state index contributed by atoms with van der Waals surface area (Å²) < 4.78 is 36.8. The molecule has 2 aromatic carbocycles. The zero-order chi connectivity index (χ0) is 15.1. The fraction of sp³-hybridized carbons (Fsp3) is 0.250. The molecule has 2 rings (SSSR count). The van der Waals surface area contributed by atoms with Crippen LogP contribution >= 0.6 is 0 Å². The maximum absolute atomic E-state index is 13.3. The highest BCUT2D eigenvalue weighted by Gasteiger charge is 2.04. The van der Waals surface area contributed by atoms with Crippen LogP contribution in [0.3, 0.4) is 0 Å². The molecule has 112 valence electrons. The molecule has 0 aliphatic carbocycles. The fourth-order valence-corrected chi connectivity index (χ4v) is 1.79. The van der Waals surface area contributed by atoms with Crippen molar-refractivity contribution in [2.24, 2.45) is 5.73 Å². The van der Waals surface area contributed by atoms with E-state index in [0.717, 1.165) is 23.4 Å². The largest absolute Gasteiger partial charge is 0.493 e. The van der Waals surface area contributed by atoms with Crippen LogP contribution in [-0.2, 0) is 6.54 Å². The Hall–Kier alpha value is -2.14. The van der Waals surface area contributed by atoms with Gasteiger partial charge in [0.25, 0.3) is 0 Å². The lowest BCUT2D eigenvalue weighted by atomic mass is 10.2. The van der Waals surface area contributed by atoms with Gasteiger partial charge in [0, 0.05) is 19.0 Å². The van der Waals surface area contributed by atoms with E-state index in [1.165, 1.54) is 6.07 Å². The molecule has 0 bridgehead atoms. The first-order valence-electron chi connectivity index (χ1n) is 6.68. The Balaban J connectivity index is 1.72. The first-order valence-corrected chi connectivity index (χ1v) is 6.68. The Morgan fingerprint density at radius 3 is 2.52 bits per heavy atom. The number of hydrogen-bond donors (Lipinski definition) is 1. The van der Waals surface area contributed by atoms with E-state index in [9.17, 15) is 8.78 Å². The molecule has 0 aliphatic rings. The summed E-state index contributed by atoms with van der Waals surface area (Å²) in [4.78, 5) is 0. The van der Waals surface area contributed by atoms with Crippen molar-refractivity contribution in [1.82, 2.24) is 0 Å². The van der Waals surface area contributed by atoms with E-state index in [4.69, 9.17) is 15.2 Å². The molecule has 0 fully saturated rings. The minimum Gasteiger partial charge on any atom is -0.493 e. The molecule has 2 N–H and O–H groups in total. The van der Waals surface area contributed by atoms with Crippen LogP contribution in [-0.4, -0.2) is 13.2 Å². The molecule has 0 atom stereocenters. The fourth-order valence-electron chi connectivity index (χ4n) is 1.79. The highest BCUT2D eigenvalue weighted by molar-refractivity contribution is 5.28. The van der Waals surface area contributed by atoms with Gasteiger partial charge in [-0.2, -0.15) is 0 Å².